The second-order valence-corrected chi connectivity index (χ2v) is 6.78. The van der Waals surface area contributed by atoms with Gasteiger partial charge in [-0.05, 0) is 53.6 Å². The maximum absolute atomic E-state index is 10.9. The Bertz CT molecular complexity index is 1180. The first-order chi connectivity index (χ1) is 13.3. The third kappa shape index (κ3) is 2.82. The number of nitrogens with zero attached hydrogens (tertiary/aromatic N) is 1. The average Bonchev–Trinajstić information content (AvgIpc) is 3.32. The molecular formula is C24H19NO2. The number of aliphatic hydroxyl groups excluding tert-OH is 1. The minimum atomic E-state index is -0.668. The van der Waals surface area contributed by atoms with Gasteiger partial charge in [0.25, 0.3) is 0 Å². The van der Waals surface area contributed by atoms with Crippen LogP contribution in [-0.2, 0) is 6.61 Å². The van der Waals surface area contributed by atoms with Crippen molar-refractivity contribution in [2.75, 3.05) is 0 Å². The molecule has 0 radical (unpaired) electrons. The van der Waals surface area contributed by atoms with Gasteiger partial charge in [-0.25, -0.2) is 0 Å². The molecule has 1 unspecified atom stereocenters. The Kier molecular flexibility index (Phi) is 3.80. The second-order valence-electron chi connectivity index (χ2n) is 6.78. The summed E-state index contributed by atoms with van der Waals surface area (Å²) in [5.74, 6) is 0.795. The monoisotopic (exact) mass is 353 g/mol. The van der Waals surface area contributed by atoms with Crippen LogP contribution in [0, 0.1) is 0 Å². The molecule has 0 fully saturated rings. The van der Waals surface area contributed by atoms with E-state index in [1.54, 1.807) is 0 Å². The molecule has 0 aliphatic rings. The van der Waals surface area contributed by atoms with E-state index in [0.717, 1.165) is 39.0 Å². The minimum Gasteiger partial charge on any atom is -0.489 e. The summed E-state index contributed by atoms with van der Waals surface area (Å²) in [5, 5.41) is 10.9. The Balaban J connectivity index is 1.38. The van der Waals surface area contributed by atoms with Gasteiger partial charge in [0.2, 0.25) is 0 Å². The highest BCUT2D eigenvalue weighted by atomic mass is 16.5. The Morgan fingerprint density at radius 2 is 1.56 bits per heavy atom. The summed E-state index contributed by atoms with van der Waals surface area (Å²) in [7, 11) is 0. The second kappa shape index (κ2) is 6.45. The van der Waals surface area contributed by atoms with Crippen molar-refractivity contribution in [3.8, 4) is 5.75 Å². The summed E-state index contributed by atoms with van der Waals surface area (Å²) in [4.78, 5) is 0. The predicted octanol–water partition coefficient (Wildman–Crippen LogP) is 5.19. The summed E-state index contributed by atoms with van der Waals surface area (Å²) in [6.07, 6.45) is -0.668. The van der Waals surface area contributed by atoms with Crippen molar-refractivity contribution in [3.05, 3.63) is 108 Å². The van der Waals surface area contributed by atoms with E-state index in [1.165, 1.54) is 0 Å². The molecule has 1 atom stereocenters. The quantitative estimate of drug-likeness (QED) is 0.472. The zero-order chi connectivity index (χ0) is 18.2. The lowest BCUT2D eigenvalue weighted by Gasteiger charge is -2.12. The highest BCUT2D eigenvalue weighted by molar-refractivity contribution is 5.78. The van der Waals surface area contributed by atoms with Gasteiger partial charge in [-0.3, -0.25) is 0 Å². The van der Waals surface area contributed by atoms with Crippen molar-refractivity contribution < 1.29 is 9.84 Å². The molecule has 0 aliphatic carbocycles. The van der Waals surface area contributed by atoms with Crippen molar-refractivity contribution >= 4 is 16.6 Å². The van der Waals surface area contributed by atoms with E-state index in [-0.39, 0.29) is 0 Å². The molecule has 0 aliphatic heterocycles. The fourth-order valence-electron chi connectivity index (χ4n) is 3.65. The summed E-state index contributed by atoms with van der Waals surface area (Å²) in [5.41, 5.74) is 6.21. The number of rotatable bonds is 5. The van der Waals surface area contributed by atoms with Gasteiger partial charge in [-0.2, -0.15) is 0 Å². The minimum absolute atomic E-state index is 0.533. The van der Waals surface area contributed by atoms with Crippen LogP contribution in [0.25, 0.3) is 16.6 Å². The Morgan fingerprint density at radius 3 is 2.37 bits per heavy atom. The molecule has 3 heteroatoms. The van der Waals surface area contributed by atoms with Gasteiger partial charge in [-0.15, -0.1) is 0 Å². The molecule has 3 aromatic heterocycles. The average molecular weight is 353 g/mol. The molecule has 1 N–H and O–H groups in total. The first-order valence-corrected chi connectivity index (χ1v) is 9.07. The van der Waals surface area contributed by atoms with Gasteiger partial charge in [0.05, 0.1) is 5.52 Å². The van der Waals surface area contributed by atoms with Crippen molar-refractivity contribution in [2.45, 2.75) is 12.7 Å². The molecule has 0 saturated heterocycles. The standard InChI is InChI=1S/C24H19NO2/c26-24(22-15-20-8-4-7-19-11-14-23(22)25(19)20)18-9-12-21(13-10-18)27-16-17-5-2-1-3-6-17/h1-15,24,26H,16H2. The number of ether oxygens (including phenoxy) is 1. The van der Waals surface area contributed by atoms with Gasteiger partial charge in [0.1, 0.15) is 18.5 Å². The van der Waals surface area contributed by atoms with Gasteiger partial charge in [0, 0.05) is 16.6 Å². The van der Waals surface area contributed by atoms with E-state index < -0.39 is 6.10 Å². The predicted molar refractivity (Wildman–Crippen MR) is 107 cm³/mol. The molecule has 5 aromatic rings. The van der Waals surface area contributed by atoms with E-state index in [1.807, 2.05) is 60.7 Å². The fourth-order valence-corrected chi connectivity index (χ4v) is 3.65. The lowest BCUT2D eigenvalue weighted by atomic mass is 10.0. The molecule has 132 valence electrons. The van der Waals surface area contributed by atoms with E-state index >= 15 is 0 Å². The first-order valence-electron chi connectivity index (χ1n) is 9.07. The van der Waals surface area contributed by atoms with E-state index in [9.17, 15) is 5.11 Å². The summed E-state index contributed by atoms with van der Waals surface area (Å²) in [6, 6.07) is 30.2. The number of benzene rings is 2. The van der Waals surface area contributed by atoms with Gasteiger partial charge in [0.15, 0.2) is 0 Å². The SMILES string of the molecule is OC(c1ccc(OCc2ccccc2)cc1)c1cc2cccc3ccc1n32. The Hall–Kier alpha value is -3.30. The van der Waals surface area contributed by atoms with E-state index in [4.69, 9.17) is 4.74 Å². The van der Waals surface area contributed by atoms with Crippen LogP contribution in [-0.4, -0.2) is 9.51 Å². The van der Waals surface area contributed by atoms with Crippen LogP contribution in [0.1, 0.15) is 22.8 Å². The third-order valence-electron chi connectivity index (χ3n) is 5.04. The molecule has 3 heterocycles. The summed E-state index contributed by atoms with van der Waals surface area (Å²) in [6.45, 7) is 0.533. The molecular weight excluding hydrogens is 334 g/mol. The highest BCUT2D eigenvalue weighted by Gasteiger charge is 2.18. The lowest BCUT2D eigenvalue weighted by Crippen LogP contribution is -1.99. The Morgan fingerprint density at radius 1 is 0.778 bits per heavy atom. The van der Waals surface area contributed by atoms with Crippen LogP contribution in [0.15, 0.2) is 91.0 Å². The smallest absolute Gasteiger partial charge is 0.119 e. The van der Waals surface area contributed by atoms with E-state index in [0.29, 0.717) is 6.61 Å². The molecule has 0 bridgehead atoms. The van der Waals surface area contributed by atoms with Crippen molar-refractivity contribution in [1.29, 1.82) is 0 Å². The van der Waals surface area contributed by atoms with Crippen molar-refractivity contribution in [3.63, 3.8) is 0 Å². The van der Waals surface area contributed by atoms with Gasteiger partial charge in [-0.1, -0.05) is 48.5 Å². The summed E-state index contributed by atoms with van der Waals surface area (Å²) >= 11 is 0. The maximum Gasteiger partial charge on any atom is 0.119 e. The highest BCUT2D eigenvalue weighted by Crippen LogP contribution is 2.32. The van der Waals surface area contributed by atoms with Crippen LogP contribution in [0.4, 0.5) is 0 Å². The van der Waals surface area contributed by atoms with Crippen LogP contribution in [0.3, 0.4) is 0 Å². The zero-order valence-electron chi connectivity index (χ0n) is 14.7. The van der Waals surface area contributed by atoms with E-state index in [2.05, 4.69) is 34.7 Å². The molecule has 2 aromatic carbocycles. The van der Waals surface area contributed by atoms with Crippen molar-refractivity contribution in [2.24, 2.45) is 0 Å². The number of hydrogen-bond acceptors (Lipinski definition) is 2. The molecule has 3 nitrogen and oxygen atoms in total. The normalized spacial score (nSPS) is 12.6. The third-order valence-corrected chi connectivity index (χ3v) is 5.04. The van der Waals surface area contributed by atoms with Gasteiger partial charge < -0.3 is 14.2 Å². The maximum atomic E-state index is 10.9. The van der Waals surface area contributed by atoms with Crippen molar-refractivity contribution in [1.82, 2.24) is 4.40 Å². The summed E-state index contributed by atoms with van der Waals surface area (Å²) < 4.78 is 8.01. The topological polar surface area (TPSA) is 33.9 Å². The molecule has 0 amide bonds. The Labute approximate surface area is 157 Å². The largest absolute Gasteiger partial charge is 0.489 e. The van der Waals surface area contributed by atoms with Crippen LogP contribution in [0.5, 0.6) is 5.75 Å². The molecule has 0 saturated carbocycles. The van der Waals surface area contributed by atoms with Crippen LogP contribution >= 0.6 is 0 Å². The number of aromatic nitrogens is 1. The number of hydrogen-bond donors (Lipinski definition) is 1. The first kappa shape index (κ1) is 15.9. The van der Waals surface area contributed by atoms with Gasteiger partial charge >= 0.3 is 0 Å². The van der Waals surface area contributed by atoms with Crippen LogP contribution < -0.4 is 4.74 Å². The van der Waals surface area contributed by atoms with Crippen LogP contribution in [0.2, 0.25) is 0 Å². The number of pyridine rings is 1. The number of aliphatic hydroxyl groups is 1. The molecule has 0 spiro atoms. The zero-order valence-corrected chi connectivity index (χ0v) is 14.7. The fraction of sp³-hybridized carbons (Fsp3) is 0.0833. The molecule has 5 rings (SSSR count). The molecule has 27 heavy (non-hydrogen) atoms. The lowest BCUT2D eigenvalue weighted by molar-refractivity contribution is 0.221.